The van der Waals surface area contributed by atoms with Crippen molar-refractivity contribution in [2.45, 2.75) is 25.3 Å². The summed E-state index contributed by atoms with van der Waals surface area (Å²) in [5, 5.41) is 8.08. The minimum Gasteiger partial charge on any atom is -0.493 e. The van der Waals surface area contributed by atoms with E-state index in [0.717, 1.165) is 42.0 Å². The van der Waals surface area contributed by atoms with Gasteiger partial charge in [-0.25, -0.2) is 4.68 Å². The molecular weight excluding hydrogens is 432 g/mol. The molecule has 176 valence electrons. The highest BCUT2D eigenvalue weighted by Gasteiger charge is 2.34. The van der Waals surface area contributed by atoms with Gasteiger partial charge in [0.1, 0.15) is 12.4 Å². The number of anilines is 1. The van der Waals surface area contributed by atoms with Crippen LogP contribution in [0.2, 0.25) is 0 Å². The van der Waals surface area contributed by atoms with E-state index in [1.54, 1.807) is 34.8 Å². The van der Waals surface area contributed by atoms with Crippen LogP contribution in [0.5, 0.6) is 23.0 Å². The topological polar surface area (TPSA) is 79.7 Å². The predicted octanol–water partition coefficient (Wildman–Crippen LogP) is 4.85. The van der Waals surface area contributed by atoms with E-state index in [1.165, 1.54) is 11.1 Å². The third-order valence-electron chi connectivity index (χ3n) is 6.39. The van der Waals surface area contributed by atoms with Crippen molar-refractivity contribution in [1.29, 1.82) is 0 Å². The monoisotopic (exact) mass is 460 g/mol. The molecule has 0 saturated heterocycles. The van der Waals surface area contributed by atoms with Crippen LogP contribution < -0.4 is 24.3 Å². The van der Waals surface area contributed by atoms with Gasteiger partial charge in [0, 0.05) is 5.70 Å². The molecule has 0 radical (unpaired) electrons. The molecule has 8 nitrogen and oxygen atoms in total. The van der Waals surface area contributed by atoms with E-state index < -0.39 is 0 Å². The van der Waals surface area contributed by atoms with Gasteiger partial charge in [-0.3, -0.25) is 0 Å². The van der Waals surface area contributed by atoms with Crippen molar-refractivity contribution in [1.82, 2.24) is 14.8 Å². The first-order chi connectivity index (χ1) is 16.7. The highest BCUT2D eigenvalue weighted by Crippen LogP contribution is 2.45. The van der Waals surface area contributed by atoms with Gasteiger partial charge >= 0.3 is 0 Å². The number of hydrogen-bond acceptors (Lipinski definition) is 7. The third-order valence-corrected chi connectivity index (χ3v) is 6.39. The zero-order chi connectivity index (χ0) is 23.7. The maximum Gasteiger partial charge on any atom is 0.226 e. The summed E-state index contributed by atoms with van der Waals surface area (Å²) < 4.78 is 23.9. The SMILES string of the molecule is COc1ccc(/C=C2\CCCC3=C2Nc2ncnn2[C@@H]3c2ccc(OC)c(OC)c2)cc1OC. The van der Waals surface area contributed by atoms with Gasteiger partial charge in [-0.1, -0.05) is 12.1 Å². The van der Waals surface area contributed by atoms with Crippen LogP contribution in [0.15, 0.2) is 59.6 Å². The van der Waals surface area contributed by atoms with Gasteiger partial charge in [0.2, 0.25) is 5.95 Å². The van der Waals surface area contributed by atoms with E-state index in [4.69, 9.17) is 18.9 Å². The van der Waals surface area contributed by atoms with Crippen molar-refractivity contribution >= 4 is 12.0 Å². The van der Waals surface area contributed by atoms with Gasteiger partial charge in [-0.05, 0) is 71.9 Å². The summed E-state index contributed by atoms with van der Waals surface area (Å²) in [5.74, 6) is 3.54. The fourth-order valence-corrected chi connectivity index (χ4v) is 4.80. The van der Waals surface area contributed by atoms with Crippen molar-refractivity contribution in [2.24, 2.45) is 0 Å². The summed E-state index contributed by atoms with van der Waals surface area (Å²) in [4.78, 5) is 4.48. The van der Waals surface area contributed by atoms with Gasteiger partial charge < -0.3 is 24.3 Å². The molecule has 1 aliphatic heterocycles. The normalized spacial score (nSPS) is 18.1. The number of allylic oxidation sites excluding steroid dienone is 2. The maximum absolute atomic E-state index is 5.58. The Morgan fingerprint density at radius 1 is 0.882 bits per heavy atom. The fourth-order valence-electron chi connectivity index (χ4n) is 4.80. The van der Waals surface area contributed by atoms with Crippen LogP contribution in [0.25, 0.3) is 6.08 Å². The number of aromatic nitrogens is 3. The molecule has 5 rings (SSSR count). The Hall–Kier alpha value is -3.94. The summed E-state index contributed by atoms with van der Waals surface area (Å²) in [7, 11) is 6.59. The average Bonchev–Trinajstić information content (AvgIpc) is 3.35. The lowest BCUT2D eigenvalue weighted by atomic mass is 9.83. The first kappa shape index (κ1) is 21.9. The molecule has 8 heteroatoms. The van der Waals surface area contributed by atoms with Crippen molar-refractivity contribution in [2.75, 3.05) is 33.8 Å². The molecule has 0 saturated carbocycles. The van der Waals surface area contributed by atoms with Crippen molar-refractivity contribution in [3.05, 3.63) is 70.7 Å². The molecule has 0 fully saturated rings. The van der Waals surface area contributed by atoms with E-state index >= 15 is 0 Å². The van der Waals surface area contributed by atoms with E-state index in [9.17, 15) is 0 Å². The number of rotatable bonds is 6. The van der Waals surface area contributed by atoms with Gasteiger partial charge in [-0.15, -0.1) is 0 Å². The molecular formula is C26H28N4O4. The zero-order valence-electron chi connectivity index (χ0n) is 19.8. The molecule has 2 aromatic carbocycles. The molecule has 34 heavy (non-hydrogen) atoms. The van der Waals surface area contributed by atoms with E-state index in [-0.39, 0.29) is 6.04 Å². The van der Waals surface area contributed by atoms with Crippen LogP contribution in [0.1, 0.15) is 36.4 Å². The largest absolute Gasteiger partial charge is 0.493 e. The lowest BCUT2D eigenvalue weighted by molar-refractivity contribution is 0.354. The summed E-state index contributed by atoms with van der Waals surface area (Å²) in [6.07, 6.45) is 6.78. The molecule has 2 heterocycles. The van der Waals surface area contributed by atoms with Crippen molar-refractivity contribution in [3.8, 4) is 23.0 Å². The Labute approximate surface area is 198 Å². The van der Waals surface area contributed by atoms with E-state index in [0.29, 0.717) is 23.0 Å². The van der Waals surface area contributed by atoms with Crippen LogP contribution in [0.3, 0.4) is 0 Å². The lowest BCUT2D eigenvalue weighted by Gasteiger charge is -2.34. The van der Waals surface area contributed by atoms with Crippen molar-refractivity contribution < 1.29 is 18.9 Å². The van der Waals surface area contributed by atoms with E-state index in [1.807, 2.05) is 35.0 Å². The molecule has 0 spiro atoms. The first-order valence-corrected chi connectivity index (χ1v) is 11.2. The second-order valence-corrected chi connectivity index (χ2v) is 8.21. The molecule has 0 bridgehead atoms. The second kappa shape index (κ2) is 9.13. The second-order valence-electron chi connectivity index (χ2n) is 8.21. The zero-order valence-corrected chi connectivity index (χ0v) is 19.8. The van der Waals surface area contributed by atoms with Crippen LogP contribution in [-0.2, 0) is 0 Å². The smallest absolute Gasteiger partial charge is 0.226 e. The standard InChI is InChI=1S/C26H28N4O4/c1-31-20-10-8-16(13-22(20)33-3)12-17-6-5-7-19-24(17)29-26-27-15-28-30(26)25(19)18-9-11-21(32-2)23(14-18)34-4/h8-15,25H,5-7H2,1-4H3,(H,27,28,29)/b17-12+/t25-/m1/s1. The molecule has 1 atom stereocenters. The molecule has 3 aromatic rings. The number of ether oxygens (including phenoxy) is 4. The van der Waals surface area contributed by atoms with Crippen LogP contribution >= 0.6 is 0 Å². The minimum atomic E-state index is -0.0809. The maximum atomic E-state index is 5.58. The van der Waals surface area contributed by atoms with E-state index in [2.05, 4.69) is 27.5 Å². The average molecular weight is 461 g/mol. The molecule has 2 aliphatic rings. The Kier molecular flexibility index (Phi) is 5.88. The number of methoxy groups -OCH3 is 4. The molecule has 0 unspecified atom stereocenters. The number of fused-ring (bicyclic) bond motifs is 1. The highest BCUT2D eigenvalue weighted by atomic mass is 16.5. The summed E-state index contributed by atoms with van der Waals surface area (Å²) in [6.45, 7) is 0. The Balaban J connectivity index is 1.61. The van der Waals surface area contributed by atoms with Crippen LogP contribution in [0, 0.1) is 0 Å². The highest BCUT2D eigenvalue weighted by molar-refractivity contribution is 5.67. The Morgan fingerprint density at radius 2 is 1.59 bits per heavy atom. The number of benzene rings is 2. The van der Waals surface area contributed by atoms with Gasteiger partial charge in [0.25, 0.3) is 0 Å². The van der Waals surface area contributed by atoms with Gasteiger partial charge in [0.05, 0.1) is 28.4 Å². The molecule has 0 amide bonds. The van der Waals surface area contributed by atoms with Crippen LogP contribution in [0.4, 0.5) is 5.95 Å². The summed E-state index contributed by atoms with van der Waals surface area (Å²) >= 11 is 0. The van der Waals surface area contributed by atoms with Gasteiger partial charge in [-0.2, -0.15) is 10.1 Å². The first-order valence-electron chi connectivity index (χ1n) is 11.2. The molecule has 1 aromatic heterocycles. The summed E-state index contributed by atoms with van der Waals surface area (Å²) in [6, 6.07) is 11.9. The van der Waals surface area contributed by atoms with Crippen LogP contribution in [-0.4, -0.2) is 43.2 Å². The third kappa shape index (κ3) is 3.75. The quantitative estimate of drug-likeness (QED) is 0.563. The lowest BCUT2D eigenvalue weighted by Crippen LogP contribution is -2.28. The molecule has 1 aliphatic carbocycles. The molecule has 1 N–H and O–H groups in total. The van der Waals surface area contributed by atoms with Gasteiger partial charge in [0.15, 0.2) is 23.0 Å². The number of hydrogen-bond donors (Lipinski definition) is 1. The number of nitrogens with zero attached hydrogens (tertiary/aromatic N) is 3. The number of nitrogens with one attached hydrogen (secondary N) is 1. The Morgan fingerprint density at radius 3 is 2.32 bits per heavy atom. The van der Waals surface area contributed by atoms with Crippen molar-refractivity contribution in [3.63, 3.8) is 0 Å². The predicted molar refractivity (Wildman–Crippen MR) is 130 cm³/mol. The Bertz CT molecular complexity index is 1280. The minimum absolute atomic E-state index is 0.0809. The summed E-state index contributed by atoms with van der Waals surface area (Å²) in [5.41, 5.74) is 5.75. The fraction of sp³-hybridized carbons (Fsp3) is 0.308.